The van der Waals surface area contributed by atoms with Crippen LogP contribution < -0.4 is 10.6 Å². The quantitative estimate of drug-likeness (QED) is 0.256. The van der Waals surface area contributed by atoms with Gasteiger partial charge in [0.1, 0.15) is 0 Å². The first-order valence-corrected chi connectivity index (χ1v) is 10.0. The Bertz CT molecular complexity index is 527. The van der Waals surface area contributed by atoms with Gasteiger partial charge in [-0.3, -0.25) is 9.89 Å². The van der Waals surface area contributed by atoms with Gasteiger partial charge in [-0.05, 0) is 31.4 Å². The molecule has 1 aromatic rings. The van der Waals surface area contributed by atoms with Crippen molar-refractivity contribution in [1.29, 1.82) is 0 Å². The summed E-state index contributed by atoms with van der Waals surface area (Å²) in [6.07, 6.45) is 2.21. The Morgan fingerprint density at radius 1 is 1.07 bits per heavy atom. The van der Waals surface area contributed by atoms with E-state index in [9.17, 15) is 0 Å². The second-order valence-electron chi connectivity index (χ2n) is 7.62. The van der Waals surface area contributed by atoms with Crippen molar-refractivity contribution >= 4 is 29.9 Å². The van der Waals surface area contributed by atoms with Gasteiger partial charge in [-0.15, -0.1) is 24.0 Å². The minimum absolute atomic E-state index is 0. The maximum Gasteiger partial charge on any atom is 0.191 e. The van der Waals surface area contributed by atoms with E-state index in [-0.39, 0.29) is 24.0 Å². The van der Waals surface area contributed by atoms with Crippen LogP contribution in [0.1, 0.15) is 25.8 Å². The Balaban J connectivity index is 0.00000364. The van der Waals surface area contributed by atoms with Crippen molar-refractivity contribution in [2.24, 2.45) is 10.9 Å². The molecule has 0 bridgehead atoms. The van der Waals surface area contributed by atoms with E-state index in [2.05, 4.69) is 76.7 Å². The predicted molar refractivity (Wildman–Crippen MR) is 127 cm³/mol. The van der Waals surface area contributed by atoms with Crippen molar-refractivity contribution in [2.75, 3.05) is 53.4 Å². The Morgan fingerprint density at radius 3 is 2.33 bits per heavy atom. The summed E-state index contributed by atoms with van der Waals surface area (Å²) >= 11 is 0. The van der Waals surface area contributed by atoms with E-state index < -0.39 is 0 Å². The molecular weight excluding hydrogens is 449 g/mol. The minimum Gasteiger partial charge on any atom is -0.356 e. The lowest BCUT2D eigenvalue weighted by atomic mass is 10.0. The Hall–Kier alpha value is -0.860. The van der Waals surface area contributed by atoms with Gasteiger partial charge in [0.05, 0.1) is 0 Å². The fourth-order valence-corrected chi connectivity index (χ4v) is 3.51. The average Bonchev–Trinajstić information content (AvgIpc) is 2.65. The van der Waals surface area contributed by atoms with Crippen LogP contribution in [0.3, 0.4) is 0 Å². The molecule has 0 aliphatic carbocycles. The molecule has 1 aromatic carbocycles. The van der Waals surface area contributed by atoms with Crippen LogP contribution in [0.5, 0.6) is 0 Å². The molecular formula is C21H38IN5. The van der Waals surface area contributed by atoms with Crippen LogP contribution in [0.15, 0.2) is 35.3 Å². The third-order valence-corrected chi connectivity index (χ3v) is 5.26. The summed E-state index contributed by atoms with van der Waals surface area (Å²) in [5, 5.41) is 7.00. The molecule has 154 valence electrons. The smallest absolute Gasteiger partial charge is 0.191 e. The van der Waals surface area contributed by atoms with Crippen molar-refractivity contribution in [3.63, 3.8) is 0 Å². The van der Waals surface area contributed by atoms with E-state index in [0.717, 1.165) is 58.1 Å². The van der Waals surface area contributed by atoms with Gasteiger partial charge in [0, 0.05) is 52.4 Å². The molecule has 2 N–H and O–H groups in total. The van der Waals surface area contributed by atoms with Crippen molar-refractivity contribution in [3.05, 3.63) is 35.9 Å². The molecule has 0 spiro atoms. The summed E-state index contributed by atoms with van der Waals surface area (Å²) < 4.78 is 0. The van der Waals surface area contributed by atoms with E-state index in [0.29, 0.717) is 12.0 Å². The van der Waals surface area contributed by atoms with E-state index in [4.69, 9.17) is 0 Å². The van der Waals surface area contributed by atoms with Gasteiger partial charge in [0.25, 0.3) is 0 Å². The van der Waals surface area contributed by atoms with Crippen molar-refractivity contribution in [2.45, 2.75) is 32.7 Å². The van der Waals surface area contributed by atoms with Crippen molar-refractivity contribution < 1.29 is 0 Å². The number of piperazine rings is 1. The molecule has 0 amide bonds. The number of hydrogen-bond donors (Lipinski definition) is 2. The Labute approximate surface area is 183 Å². The van der Waals surface area contributed by atoms with Crippen LogP contribution >= 0.6 is 24.0 Å². The highest BCUT2D eigenvalue weighted by Gasteiger charge is 2.24. The molecule has 1 aliphatic rings. The summed E-state index contributed by atoms with van der Waals surface area (Å²) in [6.45, 7) is 11.2. The second kappa shape index (κ2) is 13.3. The summed E-state index contributed by atoms with van der Waals surface area (Å²) in [6, 6.07) is 11.2. The van der Waals surface area contributed by atoms with Crippen LogP contribution in [0, 0.1) is 5.92 Å². The molecule has 1 saturated heterocycles. The van der Waals surface area contributed by atoms with Gasteiger partial charge in [-0.1, -0.05) is 44.2 Å². The zero-order chi connectivity index (χ0) is 18.8. The number of halogens is 1. The zero-order valence-corrected chi connectivity index (χ0v) is 19.8. The lowest BCUT2D eigenvalue weighted by Gasteiger charge is -2.40. The molecule has 2 rings (SSSR count). The number of nitrogens with zero attached hydrogens (tertiary/aromatic N) is 3. The summed E-state index contributed by atoms with van der Waals surface area (Å²) in [4.78, 5) is 9.43. The van der Waals surface area contributed by atoms with E-state index >= 15 is 0 Å². The molecule has 0 radical (unpaired) electrons. The van der Waals surface area contributed by atoms with Crippen LogP contribution in [0.2, 0.25) is 0 Å². The number of likely N-dealkylation sites (N-methyl/N-ethyl adjacent to an activating group) is 1. The molecule has 6 heteroatoms. The monoisotopic (exact) mass is 487 g/mol. The molecule has 1 heterocycles. The molecule has 1 unspecified atom stereocenters. The first kappa shape index (κ1) is 24.2. The van der Waals surface area contributed by atoms with Gasteiger partial charge in [0.15, 0.2) is 5.96 Å². The number of benzene rings is 1. The summed E-state index contributed by atoms with van der Waals surface area (Å²) in [7, 11) is 4.06. The fourth-order valence-electron chi connectivity index (χ4n) is 3.51. The Kier molecular flexibility index (Phi) is 11.9. The molecule has 1 fully saturated rings. The fraction of sp³-hybridized carbons (Fsp3) is 0.667. The first-order chi connectivity index (χ1) is 12.6. The van der Waals surface area contributed by atoms with Gasteiger partial charge in [-0.2, -0.15) is 0 Å². The highest BCUT2D eigenvalue weighted by atomic mass is 127. The van der Waals surface area contributed by atoms with Crippen molar-refractivity contribution in [3.8, 4) is 0 Å². The zero-order valence-electron chi connectivity index (χ0n) is 17.4. The number of aryl methyl sites for hydroxylation is 1. The summed E-state index contributed by atoms with van der Waals surface area (Å²) in [5.41, 5.74) is 1.40. The number of aliphatic imine (C=N–C) groups is 1. The minimum atomic E-state index is 0. The van der Waals surface area contributed by atoms with Gasteiger partial charge >= 0.3 is 0 Å². The SMILES string of the molecule is CN=C(NCCCc1ccccc1)NCC(C(C)C)N1CCN(C)CC1.I. The highest BCUT2D eigenvalue weighted by molar-refractivity contribution is 14.0. The molecule has 1 aliphatic heterocycles. The third-order valence-electron chi connectivity index (χ3n) is 5.26. The molecule has 0 saturated carbocycles. The van der Waals surface area contributed by atoms with Crippen molar-refractivity contribution in [1.82, 2.24) is 20.4 Å². The van der Waals surface area contributed by atoms with Gasteiger partial charge in [-0.25, -0.2) is 0 Å². The van der Waals surface area contributed by atoms with Gasteiger partial charge in [0.2, 0.25) is 0 Å². The predicted octanol–water partition coefficient (Wildman–Crippen LogP) is 2.67. The maximum absolute atomic E-state index is 4.39. The molecule has 1 atom stereocenters. The van der Waals surface area contributed by atoms with Crippen LogP contribution in [-0.4, -0.2) is 75.2 Å². The second-order valence-corrected chi connectivity index (χ2v) is 7.62. The largest absolute Gasteiger partial charge is 0.356 e. The number of guanidine groups is 1. The maximum atomic E-state index is 4.39. The number of rotatable bonds is 8. The van der Waals surface area contributed by atoms with Crippen LogP contribution in [0.4, 0.5) is 0 Å². The van der Waals surface area contributed by atoms with Crippen LogP contribution in [-0.2, 0) is 6.42 Å². The van der Waals surface area contributed by atoms with E-state index in [1.807, 2.05) is 7.05 Å². The van der Waals surface area contributed by atoms with Crippen LogP contribution in [0.25, 0.3) is 0 Å². The average molecular weight is 487 g/mol. The molecule has 0 aromatic heterocycles. The summed E-state index contributed by atoms with van der Waals surface area (Å²) in [5.74, 6) is 1.54. The molecule has 5 nitrogen and oxygen atoms in total. The first-order valence-electron chi connectivity index (χ1n) is 10.0. The van der Waals surface area contributed by atoms with Gasteiger partial charge < -0.3 is 15.5 Å². The van der Waals surface area contributed by atoms with E-state index in [1.165, 1.54) is 5.56 Å². The normalized spacial score (nSPS) is 17.4. The molecule has 27 heavy (non-hydrogen) atoms. The highest BCUT2D eigenvalue weighted by Crippen LogP contribution is 2.12. The lowest BCUT2D eigenvalue weighted by molar-refractivity contribution is 0.0900. The number of hydrogen-bond acceptors (Lipinski definition) is 3. The standard InChI is InChI=1S/C21H37N5.HI/c1-18(2)20(26-15-13-25(4)14-16-26)17-24-21(22-3)23-12-8-11-19-9-6-5-7-10-19;/h5-7,9-10,18,20H,8,11-17H2,1-4H3,(H2,22,23,24);1H. The Morgan fingerprint density at radius 2 is 1.74 bits per heavy atom. The number of nitrogens with one attached hydrogen (secondary N) is 2. The topological polar surface area (TPSA) is 42.9 Å². The third kappa shape index (κ3) is 8.79. The lowest BCUT2D eigenvalue weighted by Crippen LogP contribution is -2.55. The van der Waals surface area contributed by atoms with E-state index in [1.54, 1.807) is 0 Å².